The van der Waals surface area contributed by atoms with Gasteiger partial charge in [-0.2, -0.15) is 0 Å². The number of benzene rings is 1. The topological polar surface area (TPSA) is 49.3 Å². The van der Waals surface area contributed by atoms with Crippen LogP contribution in [0.25, 0.3) is 0 Å². The molecular weight excluding hydrogens is 246 g/mol. The van der Waals surface area contributed by atoms with Gasteiger partial charge in [-0.05, 0) is 17.5 Å². The highest BCUT2D eigenvalue weighted by Gasteiger charge is 2.28. The van der Waals surface area contributed by atoms with Crippen LogP contribution in [-0.2, 0) is 11.2 Å². The number of hydrogen-bond acceptors (Lipinski definition) is 2. The number of fused-ring (bicyclic) bond motifs is 1. The number of carbonyl (C=O) groups is 1. The van der Waals surface area contributed by atoms with Crippen molar-refractivity contribution in [1.82, 2.24) is 5.32 Å². The molecule has 0 saturated carbocycles. The molecule has 0 amide bonds. The quantitative estimate of drug-likeness (QED) is 0.593. The Hall–Kier alpha value is -0.870. The highest BCUT2D eigenvalue weighted by Crippen LogP contribution is 2.29. The Morgan fingerprint density at radius 1 is 1.50 bits per heavy atom. The second-order valence-electron chi connectivity index (χ2n) is 3.32. The third-order valence-corrected chi connectivity index (χ3v) is 3.16. The summed E-state index contributed by atoms with van der Waals surface area (Å²) in [5, 5.41) is 11.9. The average Bonchev–Trinajstić information content (AvgIpc) is 2.17. The summed E-state index contributed by atoms with van der Waals surface area (Å²) >= 11 is 3.42. The summed E-state index contributed by atoms with van der Waals surface area (Å²) in [7, 11) is 0. The lowest BCUT2D eigenvalue weighted by atomic mass is 9.96. The summed E-state index contributed by atoms with van der Waals surface area (Å²) in [5.74, 6) is -0.802. The van der Waals surface area contributed by atoms with Crippen molar-refractivity contribution in [3.8, 4) is 0 Å². The van der Waals surface area contributed by atoms with Crippen LogP contribution < -0.4 is 5.32 Å². The minimum absolute atomic E-state index is 0.0615. The highest BCUT2D eigenvalue weighted by atomic mass is 79.9. The third kappa shape index (κ3) is 1.67. The average molecular weight is 256 g/mol. The smallest absolute Gasteiger partial charge is 0.321 e. The van der Waals surface area contributed by atoms with Gasteiger partial charge in [-0.3, -0.25) is 10.1 Å². The van der Waals surface area contributed by atoms with E-state index in [9.17, 15) is 4.79 Å². The standard InChI is InChI=1S/C10H10BrNO2/c11-9-7-4-2-1-3-6(7)5-8(12-9)10(13)14/h1-4,8-9,12H,5H2,(H,13,14). The van der Waals surface area contributed by atoms with E-state index in [0.29, 0.717) is 6.42 Å². The van der Waals surface area contributed by atoms with Crippen molar-refractivity contribution in [2.75, 3.05) is 0 Å². The van der Waals surface area contributed by atoms with E-state index in [4.69, 9.17) is 5.11 Å². The molecule has 2 N–H and O–H groups in total. The number of aliphatic carboxylic acids is 1. The molecule has 0 aliphatic carbocycles. The summed E-state index contributed by atoms with van der Waals surface area (Å²) in [6, 6.07) is 7.37. The van der Waals surface area contributed by atoms with Gasteiger partial charge < -0.3 is 5.11 Å². The molecule has 4 heteroatoms. The fourth-order valence-corrected chi connectivity index (χ4v) is 2.44. The maximum atomic E-state index is 10.8. The molecule has 74 valence electrons. The Balaban J connectivity index is 2.33. The minimum atomic E-state index is -0.802. The van der Waals surface area contributed by atoms with Gasteiger partial charge in [0.15, 0.2) is 0 Å². The first-order valence-corrected chi connectivity index (χ1v) is 5.31. The van der Waals surface area contributed by atoms with E-state index in [1.54, 1.807) is 0 Å². The predicted molar refractivity (Wildman–Crippen MR) is 56.4 cm³/mol. The molecule has 0 saturated heterocycles. The number of halogens is 1. The molecule has 0 aromatic heterocycles. The second-order valence-corrected chi connectivity index (χ2v) is 4.24. The van der Waals surface area contributed by atoms with E-state index in [1.165, 1.54) is 0 Å². The van der Waals surface area contributed by atoms with Crippen LogP contribution in [0, 0.1) is 0 Å². The molecule has 2 unspecified atom stereocenters. The fraction of sp³-hybridized carbons (Fsp3) is 0.300. The maximum absolute atomic E-state index is 10.8. The second kappa shape index (κ2) is 3.71. The van der Waals surface area contributed by atoms with Crippen molar-refractivity contribution < 1.29 is 9.90 Å². The monoisotopic (exact) mass is 255 g/mol. The van der Waals surface area contributed by atoms with E-state index < -0.39 is 12.0 Å². The molecule has 2 atom stereocenters. The summed E-state index contributed by atoms with van der Waals surface area (Å²) in [6.07, 6.45) is 0.549. The molecular formula is C10H10BrNO2. The Morgan fingerprint density at radius 2 is 2.21 bits per heavy atom. The van der Waals surface area contributed by atoms with Crippen LogP contribution in [-0.4, -0.2) is 17.1 Å². The predicted octanol–water partition coefficient (Wildman–Crippen LogP) is 1.68. The molecule has 2 rings (SSSR count). The molecule has 0 bridgehead atoms. The van der Waals surface area contributed by atoms with Gasteiger partial charge in [0.2, 0.25) is 0 Å². The molecule has 1 heterocycles. The first-order valence-electron chi connectivity index (χ1n) is 4.39. The number of carboxylic acid groups (broad SMARTS) is 1. The third-order valence-electron chi connectivity index (χ3n) is 2.40. The van der Waals surface area contributed by atoms with E-state index in [1.807, 2.05) is 24.3 Å². The Bertz CT molecular complexity index is 367. The van der Waals surface area contributed by atoms with Crippen LogP contribution in [0.5, 0.6) is 0 Å². The first kappa shape index (κ1) is 9.68. The van der Waals surface area contributed by atoms with Crippen LogP contribution in [0.15, 0.2) is 24.3 Å². The van der Waals surface area contributed by atoms with Crippen molar-refractivity contribution in [3.63, 3.8) is 0 Å². The van der Waals surface area contributed by atoms with E-state index in [2.05, 4.69) is 21.2 Å². The first-order chi connectivity index (χ1) is 6.68. The van der Waals surface area contributed by atoms with E-state index in [-0.39, 0.29) is 4.95 Å². The molecule has 0 radical (unpaired) electrons. The van der Waals surface area contributed by atoms with Crippen LogP contribution in [0.2, 0.25) is 0 Å². The van der Waals surface area contributed by atoms with Crippen LogP contribution >= 0.6 is 15.9 Å². The summed E-state index contributed by atoms with van der Waals surface area (Å²) in [4.78, 5) is 10.8. The minimum Gasteiger partial charge on any atom is -0.480 e. The van der Waals surface area contributed by atoms with E-state index in [0.717, 1.165) is 11.1 Å². The molecule has 1 aliphatic heterocycles. The Morgan fingerprint density at radius 3 is 2.93 bits per heavy atom. The van der Waals surface area contributed by atoms with Gasteiger partial charge in [0, 0.05) is 0 Å². The number of hydrogen-bond donors (Lipinski definition) is 2. The van der Waals surface area contributed by atoms with Gasteiger partial charge in [0.1, 0.15) is 6.04 Å². The largest absolute Gasteiger partial charge is 0.480 e. The van der Waals surface area contributed by atoms with Crippen LogP contribution in [0.4, 0.5) is 0 Å². The lowest BCUT2D eigenvalue weighted by Gasteiger charge is -2.27. The van der Waals surface area contributed by atoms with Gasteiger partial charge >= 0.3 is 5.97 Å². The molecule has 1 aromatic carbocycles. The number of rotatable bonds is 1. The van der Waals surface area contributed by atoms with Crippen molar-refractivity contribution in [2.45, 2.75) is 17.4 Å². The zero-order valence-corrected chi connectivity index (χ0v) is 8.99. The van der Waals surface area contributed by atoms with Crippen molar-refractivity contribution in [3.05, 3.63) is 35.4 Å². The van der Waals surface area contributed by atoms with Gasteiger partial charge in [-0.25, -0.2) is 0 Å². The van der Waals surface area contributed by atoms with Gasteiger partial charge in [-0.1, -0.05) is 40.2 Å². The maximum Gasteiger partial charge on any atom is 0.321 e. The molecule has 1 aliphatic rings. The summed E-state index contributed by atoms with van der Waals surface area (Å²) in [5.41, 5.74) is 2.23. The van der Waals surface area contributed by atoms with Crippen LogP contribution in [0.3, 0.4) is 0 Å². The lowest BCUT2D eigenvalue weighted by molar-refractivity contribution is -0.139. The molecule has 3 nitrogen and oxygen atoms in total. The van der Waals surface area contributed by atoms with Crippen molar-refractivity contribution in [2.24, 2.45) is 0 Å². The Labute approximate surface area is 90.3 Å². The number of alkyl halides is 1. The molecule has 0 spiro atoms. The normalized spacial score (nSPS) is 25.5. The molecule has 1 aromatic rings. The number of carboxylic acids is 1. The van der Waals surface area contributed by atoms with Crippen LogP contribution in [0.1, 0.15) is 16.1 Å². The zero-order chi connectivity index (χ0) is 10.1. The Kier molecular flexibility index (Phi) is 2.56. The van der Waals surface area contributed by atoms with Crippen molar-refractivity contribution in [1.29, 1.82) is 0 Å². The van der Waals surface area contributed by atoms with Gasteiger partial charge in [-0.15, -0.1) is 0 Å². The van der Waals surface area contributed by atoms with Gasteiger partial charge in [0.05, 0.1) is 4.95 Å². The molecule has 14 heavy (non-hydrogen) atoms. The summed E-state index contributed by atoms with van der Waals surface area (Å²) < 4.78 is 0. The summed E-state index contributed by atoms with van der Waals surface area (Å²) in [6.45, 7) is 0. The molecule has 0 fully saturated rings. The highest BCUT2D eigenvalue weighted by molar-refractivity contribution is 9.09. The lowest BCUT2D eigenvalue weighted by Crippen LogP contribution is -2.42. The zero-order valence-electron chi connectivity index (χ0n) is 7.40. The number of nitrogens with one attached hydrogen (secondary N) is 1. The van der Waals surface area contributed by atoms with Crippen molar-refractivity contribution >= 4 is 21.9 Å². The fourth-order valence-electron chi connectivity index (χ4n) is 1.67. The van der Waals surface area contributed by atoms with Gasteiger partial charge in [0.25, 0.3) is 0 Å². The SMILES string of the molecule is O=C(O)C1Cc2ccccc2C(Br)N1. The van der Waals surface area contributed by atoms with E-state index >= 15 is 0 Å².